The molecule has 1 N–H and O–H groups in total. The van der Waals surface area contributed by atoms with Crippen LogP contribution in [0.15, 0.2) is 0 Å². The van der Waals surface area contributed by atoms with E-state index >= 15 is 0 Å². The molecule has 0 radical (unpaired) electrons. The average molecular weight is 193 g/mol. The highest BCUT2D eigenvalue weighted by atomic mass is 19.3. The van der Waals surface area contributed by atoms with E-state index in [0.29, 0.717) is 6.54 Å². The Morgan fingerprint density at radius 3 is 2.46 bits per heavy atom. The van der Waals surface area contributed by atoms with E-state index in [9.17, 15) is 8.78 Å². The van der Waals surface area contributed by atoms with Gasteiger partial charge in [-0.15, -0.1) is 0 Å². The molecule has 4 heteroatoms. The maximum absolute atomic E-state index is 12.9. The minimum absolute atomic E-state index is 0.0902. The van der Waals surface area contributed by atoms with Crippen molar-refractivity contribution in [3.05, 3.63) is 0 Å². The van der Waals surface area contributed by atoms with Crippen LogP contribution in [0.1, 0.15) is 19.8 Å². The van der Waals surface area contributed by atoms with Crippen molar-refractivity contribution in [2.45, 2.75) is 31.7 Å². The second kappa shape index (κ2) is 4.33. The van der Waals surface area contributed by atoms with Crippen molar-refractivity contribution in [1.82, 2.24) is 5.32 Å². The van der Waals surface area contributed by atoms with Crippen LogP contribution in [0.25, 0.3) is 0 Å². The normalized spacial score (nSPS) is 21.9. The first-order chi connectivity index (χ1) is 6.17. The molecule has 78 valence electrons. The molecular weight excluding hydrogens is 176 g/mol. The monoisotopic (exact) mass is 193 g/mol. The van der Waals surface area contributed by atoms with Crippen molar-refractivity contribution in [3.8, 4) is 0 Å². The highest BCUT2D eigenvalue weighted by Crippen LogP contribution is 2.43. The molecule has 1 aliphatic rings. The Hall–Kier alpha value is -0.220. The third-order valence-electron chi connectivity index (χ3n) is 2.58. The summed E-state index contributed by atoms with van der Waals surface area (Å²) < 4.78 is 30.6. The maximum Gasteiger partial charge on any atom is 0.259 e. The van der Waals surface area contributed by atoms with Gasteiger partial charge in [0.25, 0.3) is 6.43 Å². The number of nitrogens with one attached hydrogen (secondary N) is 1. The molecule has 0 aromatic heterocycles. The number of ether oxygens (including phenoxy) is 1. The first-order valence-corrected chi connectivity index (χ1v) is 4.69. The van der Waals surface area contributed by atoms with Crippen molar-refractivity contribution >= 4 is 0 Å². The quantitative estimate of drug-likeness (QED) is 0.692. The van der Waals surface area contributed by atoms with Gasteiger partial charge in [-0.2, -0.15) is 0 Å². The lowest BCUT2D eigenvalue weighted by Gasteiger charge is -2.33. The molecule has 0 aromatic rings. The molecule has 0 bridgehead atoms. The summed E-state index contributed by atoms with van der Waals surface area (Å²) >= 11 is 0. The Bertz CT molecular complexity index is 150. The minimum Gasteiger partial charge on any atom is -0.383 e. The fraction of sp³-hybridized carbons (Fsp3) is 1.00. The van der Waals surface area contributed by atoms with Gasteiger partial charge >= 0.3 is 0 Å². The van der Waals surface area contributed by atoms with Crippen LogP contribution >= 0.6 is 0 Å². The molecule has 1 unspecified atom stereocenters. The predicted molar refractivity (Wildman–Crippen MR) is 47.0 cm³/mol. The highest BCUT2D eigenvalue weighted by Gasteiger charge is 2.51. The second-order valence-electron chi connectivity index (χ2n) is 3.58. The van der Waals surface area contributed by atoms with Crippen molar-refractivity contribution in [3.63, 3.8) is 0 Å². The van der Waals surface area contributed by atoms with Crippen LogP contribution < -0.4 is 5.32 Å². The SMILES string of the molecule is CCNC(COC)(C(F)F)C1CC1. The van der Waals surface area contributed by atoms with E-state index in [1.807, 2.05) is 6.92 Å². The molecular formula is C9H17F2NO. The summed E-state index contributed by atoms with van der Waals surface area (Å²) in [4.78, 5) is 0. The standard InChI is InChI=1S/C9H17F2NO/c1-3-12-9(6-13-2,8(10)11)7-4-5-7/h7-8,12H,3-6H2,1-2H3. The van der Waals surface area contributed by atoms with Gasteiger partial charge in [-0.25, -0.2) is 8.78 Å². The molecule has 0 heterocycles. The van der Waals surface area contributed by atoms with Gasteiger partial charge in [0.05, 0.1) is 6.61 Å². The Balaban J connectivity index is 2.66. The number of alkyl halides is 2. The number of hydrogen-bond donors (Lipinski definition) is 1. The first kappa shape index (κ1) is 10.9. The summed E-state index contributed by atoms with van der Waals surface area (Å²) in [6.45, 7) is 2.50. The number of rotatable bonds is 6. The third kappa shape index (κ3) is 2.17. The summed E-state index contributed by atoms with van der Waals surface area (Å²) in [5, 5.41) is 2.88. The van der Waals surface area contributed by atoms with Crippen molar-refractivity contribution in [2.24, 2.45) is 5.92 Å². The van der Waals surface area contributed by atoms with E-state index in [2.05, 4.69) is 5.32 Å². The Morgan fingerprint density at radius 1 is 1.54 bits per heavy atom. The number of likely N-dealkylation sites (N-methyl/N-ethyl adjacent to an activating group) is 1. The smallest absolute Gasteiger partial charge is 0.259 e. The highest BCUT2D eigenvalue weighted by molar-refractivity contribution is 5.02. The van der Waals surface area contributed by atoms with Gasteiger partial charge in [-0.05, 0) is 25.3 Å². The molecule has 0 aromatic carbocycles. The molecule has 0 saturated heterocycles. The lowest BCUT2D eigenvalue weighted by molar-refractivity contribution is -0.0302. The fourth-order valence-electron chi connectivity index (χ4n) is 1.80. The molecule has 1 rings (SSSR count). The molecule has 0 aliphatic heterocycles. The fourth-order valence-corrected chi connectivity index (χ4v) is 1.80. The van der Waals surface area contributed by atoms with E-state index < -0.39 is 12.0 Å². The number of hydrogen-bond acceptors (Lipinski definition) is 2. The van der Waals surface area contributed by atoms with E-state index in [0.717, 1.165) is 12.8 Å². The summed E-state index contributed by atoms with van der Waals surface area (Å²) in [6, 6.07) is 0. The molecule has 1 atom stereocenters. The lowest BCUT2D eigenvalue weighted by atomic mass is 9.94. The lowest BCUT2D eigenvalue weighted by Crippen LogP contribution is -2.56. The van der Waals surface area contributed by atoms with Crippen LogP contribution in [0, 0.1) is 5.92 Å². The van der Waals surface area contributed by atoms with Gasteiger partial charge in [0.2, 0.25) is 0 Å². The van der Waals surface area contributed by atoms with Crippen LogP contribution in [0.2, 0.25) is 0 Å². The molecule has 0 amide bonds. The van der Waals surface area contributed by atoms with Gasteiger partial charge in [0.1, 0.15) is 5.54 Å². The van der Waals surface area contributed by atoms with Crippen LogP contribution in [0.5, 0.6) is 0 Å². The molecule has 13 heavy (non-hydrogen) atoms. The summed E-state index contributed by atoms with van der Waals surface area (Å²) in [5.41, 5.74) is -1.09. The molecule has 2 nitrogen and oxygen atoms in total. The molecule has 0 spiro atoms. The van der Waals surface area contributed by atoms with Crippen molar-refractivity contribution in [1.29, 1.82) is 0 Å². The molecule has 1 saturated carbocycles. The zero-order valence-corrected chi connectivity index (χ0v) is 8.15. The third-order valence-corrected chi connectivity index (χ3v) is 2.58. The average Bonchev–Trinajstić information content (AvgIpc) is 2.85. The Labute approximate surface area is 77.6 Å². The second-order valence-corrected chi connectivity index (χ2v) is 3.58. The molecule has 1 aliphatic carbocycles. The van der Waals surface area contributed by atoms with Gasteiger partial charge in [-0.3, -0.25) is 0 Å². The Kier molecular flexibility index (Phi) is 3.62. The van der Waals surface area contributed by atoms with E-state index in [4.69, 9.17) is 4.74 Å². The Morgan fingerprint density at radius 2 is 2.15 bits per heavy atom. The van der Waals surface area contributed by atoms with Crippen LogP contribution in [0.3, 0.4) is 0 Å². The van der Waals surface area contributed by atoms with Gasteiger partial charge in [0, 0.05) is 7.11 Å². The topological polar surface area (TPSA) is 21.3 Å². The summed E-state index contributed by atoms with van der Waals surface area (Å²) in [6.07, 6.45) is -0.568. The van der Waals surface area contributed by atoms with Crippen LogP contribution in [0.4, 0.5) is 8.78 Å². The maximum atomic E-state index is 12.9. The van der Waals surface area contributed by atoms with Crippen LogP contribution in [-0.4, -0.2) is 32.2 Å². The van der Waals surface area contributed by atoms with E-state index in [1.54, 1.807) is 0 Å². The first-order valence-electron chi connectivity index (χ1n) is 4.69. The van der Waals surface area contributed by atoms with Gasteiger partial charge in [-0.1, -0.05) is 6.92 Å². The number of methoxy groups -OCH3 is 1. The zero-order valence-electron chi connectivity index (χ0n) is 8.15. The van der Waals surface area contributed by atoms with Gasteiger partial charge < -0.3 is 10.1 Å². The largest absolute Gasteiger partial charge is 0.383 e. The summed E-state index contributed by atoms with van der Waals surface area (Å²) in [7, 11) is 1.47. The zero-order chi connectivity index (χ0) is 9.90. The summed E-state index contributed by atoms with van der Waals surface area (Å²) in [5.74, 6) is 0.0902. The van der Waals surface area contributed by atoms with Crippen molar-refractivity contribution < 1.29 is 13.5 Å². The van der Waals surface area contributed by atoms with Crippen LogP contribution in [-0.2, 0) is 4.74 Å². The van der Waals surface area contributed by atoms with E-state index in [-0.39, 0.29) is 12.5 Å². The molecule has 1 fully saturated rings. The van der Waals surface area contributed by atoms with E-state index in [1.165, 1.54) is 7.11 Å². The number of halogens is 2. The minimum atomic E-state index is -2.35. The van der Waals surface area contributed by atoms with Gasteiger partial charge in [0.15, 0.2) is 0 Å². The van der Waals surface area contributed by atoms with Crippen molar-refractivity contribution in [2.75, 3.05) is 20.3 Å². The predicted octanol–water partition coefficient (Wildman–Crippen LogP) is 1.66.